The molecule has 2 atom stereocenters. The Morgan fingerprint density at radius 2 is 2.12 bits per heavy atom. The van der Waals surface area contributed by atoms with E-state index in [1.165, 1.54) is 18.0 Å². The Morgan fingerprint density at radius 1 is 1.33 bits per heavy atom. The number of carbonyl (C=O) groups is 1. The second kappa shape index (κ2) is 7.49. The maximum absolute atomic E-state index is 12.5. The van der Waals surface area contributed by atoms with Gasteiger partial charge in [0.05, 0.1) is 25.0 Å². The van der Waals surface area contributed by atoms with Crippen molar-refractivity contribution >= 4 is 5.91 Å². The summed E-state index contributed by atoms with van der Waals surface area (Å²) in [4.78, 5) is 14.4. The molecule has 0 N–H and O–H groups in total. The van der Waals surface area contributed by atoms with Crippen LogP contribution >= 0.6 is 0 Å². The number of hydrogen-bond donors (Lipinski definition) is 0. The molecule has 0 bridgehead atoms. The van der Waals surface area contributed by atoms with Crippen LogP contribution in [0.25, 0.3) is 0 Å². The number of amides is 1. The number of benzene rings is 1. The minimum absolute atomic E-state index is 0.0365. The highest BCUT2D eigenvalue weighted by Gasteiger charge is 2.32. The number of nitrogens with zero attached hydrogens (tertiary/aromatic N) is 2. The van der Waals surface area contributed by atoms with Crippen LogP contribution in [0.1, 0.15) is 22.3 Å². The molecule has 1 fully saturated rings. The SMILES string of the molecule is COc1ccc(C[C@H]2CN(C(=O)c3cnoc3)CC[C@H]2OC)cc1. The second-order valence-corrected chi connectivity index (χ2v) is 6.04. The average molecular weight is 330 g/mol. The Kier molecular flexibility index (Phi) is 5.15. The summed E-state index contributed by atoms with van der Waals surface area (Å²) in [6.07, 6.45) is 4.69. The number of piperidine rings is 1. The summed E-state index contributed by atoms with van der Waals surface area (Å²) >= 11 is 0. The number of methoxy groups -OCH3 is 2. The number of hydrogen-bond acceptors (Lipinski definition) is 5. The standard InChI is InChI=1S/C18H22N2O4/c1-22-16-5-3-13(4-6-16)9-14-11-20(8-7-17(14)23-2)18(21)15-10-19-24-12-15/h3-6,10,12,14,17H,7-9,11H2,1-2H3/t14-,17+/m0/s1. The molecule has 6 nitrogen and oxygen atoms in total. The van der Waals surface area contributed by atoms with Gasteiger partial charge >= 0.3 is 0 Å². The van der Waals surface area contributed by atoms with Crippen molar-refractivity contribution in [2.24, 2.45) is 5.92 Å². The third-order valence-corrected chi connectivity index (χ3v) is 4.59. The van der Waals surface area contributed by atoms with Crippen LogP contribution in [0.2, 0.25) is 0 Å². The minimum atomic E-state index is -0.0365. The Labute approximate surface area is 141 Å². The molecule has 0 radical (unpaired) electrons. The lowest BCUT2D eigenvalue weighted by molar-refractivity contribution is -0.00301. The van der Waals surface area contributed by atoms with E-state index in [9.17, 15) is 4.79 Å². The third kappa shape index (κ3) is 3.59. The van der Waals surface area contributed by atoms with Crippen molar-refractivity contribution in [3.05, 3.63) is 47.9 Å². The molecule has 0 unspecified atom stereocenters. The molecule has 0 saturated carbocycles. The van der Waals surface area contributed by atoms with E-state index in [2.05, 4.69) is 17.3 Å². The molecule has 0 spiro atoms. The van der Waals surface area contributed by atoms with Crippen LogP contribution in [-0.2, 0) is 11.2 Å². The van der Waals surface area contributed by atoms with Gasteiger partial charge < -0.3 is 18.9 Å². The average Bonchev–Trinajstić information content (AvgIpc) is 3.16. The van der Waals surface area contributed by atoms with Crippen molar-refractivity contribution in [1.82, 2.24) is 10.1 Å². The topological polar surface area (TPSA) is 64.8 Å². The smallest absolute Gasteiger partial charge is 0.258 e. The molecule has 1 amide bonds. The third-order valence-electron chi connectivity index (χ3n) is 4.59. The molecule has 0 aliphatic carbocycles. The van der Waals surface area contributed by atoms with Crippen LogP contribution in [0.15, 0.2) is 41.2 Å². The molecule has 6 heteroatoms. The lowest BCUT2D eigenvalue weighted by Crippen LogP contribution is -2.47. The van der Waals surface area contributed by atoms with Crippen molar-refractivity contribution in [3.8, 4) is 5.75 Å². The summed E-state index contributed by atoms with van der Waals surface area (Å²) in [5, 5.41) is 3.61. The summed E-state index contributed by atoms with van der Waals surface area (Å²) < 4.78 is 15.6. The summed E-state index contributed by atoms with van der Waals surface area (Å²) in [5.74, 6) is 1.06. The first-order valence-electron chi connectivity index (χ1n) is 8.05. The van der Waals surface area contributed by atoms with Crippen molar-refractivity contribution < 1.29 is 18.8 Å². The fourth-order valence-corrected chi connectivity index (χ4v) is 3.26. The van der Waals surface area contributed by atoms with Crippen LogP contribution in [0.3, 0.4) is 0 Å². The summed E-state index contributed by atoms with van der Waals surface area (Å²) in [6.45, 7) is 1.34. The predicted octanol–water partition coefficient (Wildman–Crippen LogP) is 2.40. The Bertz CT molecular complexity index is 654. The van der Waals surface area contributed by atoms with E-state index in [1.807, 2.05) is 17.0 Å². The van der Waals surface area contributed by atoms with Gasteiger partial charge in [-0.3, -0.25) is 4.79 Å². The fourth-order valence-electron chi connectivity index (χ4n) is 3.26. The van der Waals surface area contributed by atoms with Gasteiger partial charge in [-0.1, -0.05) is 17.3 Å². The molecule has 1 aliphatic rings. The van der Waals surface area contributed by atoms with Gasteiger partial charge in [-0.2, -0.15) is 0 Å². The number of ether oxygens (including phenoxy) is 2. The van der Waals surface area contributed by atoms with Crippen LogP contribution in [0.5, 0.6) is 5.75 Å². The van der Waals surface area contributed by atoms with Crippen LogP contribution in [-0.4, -0.2) is 49.4 Å². The molecule has 2 heterocycles. The Hall–Kier alpha value is -2.34. The zero-order chi connectivity index (χ0) is 16.9. The molecular formula is C18H22N2O4. The summed E-state index contributed by atoms with van der Waals surface area (Å²) in [6, 6.07) is 8.04. The largest absolute Gasteiger partial charge is 0.497 e. The molecule has 2 aromatic rings. The zero-order valence-corrected chi connectivity index (χ0v) is 14.0. The first kappa shape index (κ1) is 16.5. The van der Waals surface area contributed by atoms with Gasteiger partial charge in [0, 0.05) is 26.1 Å². The van der Waals surface area contributed by atoms with Gasteiger partial charge in [0.2, 0.25) is 0 Å². The lowest BCUT2D eigenvalue weighted by atomic mass is 9.88. The quantitative estimate of drug-likeness (QED) is 0.842. The molecular weight excluding hydrogens is 308 g/mol. The number of carbonyl (C=O) groups excluding carboxylic acids is 1. The maximum atomic E-state index is 12.5. The minimum Gasteiger partial charge on any atom is -0.497 e. The van der Waals surface area contributed by atoms with E-state index >= 15 is 0 Å². The normalized spacial score (nSPS) is 20.8. The van der Waals surface area contributed by atoms with E-state index in [0.29, 0.717) is 18.7 Å². The lowest BCUT2D eigenvalue weighted by Gasteiger charge is -2.37. The molecule has 3 rings (SSSR count). The van der Waals surface area contributed by atoms with Gasteiger partial charge in [0.1, 0.15) is 12.0 Å². The fraction of sp³-hybridized carbons (Fsp3) is 0.444. The highest BCUT2D eigenvalue weighted by molar-refractivity contribution is 5.93. The van der Waals surface area contributed by atoms with Crippen molar-refractivity contribution in [2.75, 3.05) is 27.3 Å². The van der Waals surface area contributed by atoms with Gasteiger partial charge in [0.25, 0.3) is 5.91 Å². The number of likely N-dealkylation sites (tertiary alicyclic amines) is 1. The number of rotatable bonds is 5. The van der Waals surface area contributed by atoms with Crippen LogP contribution in [0.4, 0.5) is 0 Å². The van der Waals surface area contributed by atoms with Crippen molar-refractivity contribution in [1.29, 1.82) is 0 Å². The first-order chi connectivity index (χ1) is 11.7. The van der Waals surface area contributed by atoms with Gasteiger partial charge in [-0.05, 0) is 30.5 Å². The zero-order valence-electron chi connectivity index (χ0n) is 14.0. The van der Waals surface area contributed by atoms with E-state index in [-0.39, 0.29) is 17.9 Å². The van der Waals surface area contributed by atoms with Gasteiger partial charge in [-0.25, -0.2) is 0 Å². The maximum Gasteiger partial charge on any atom is 0.258 e. The Balaban J connectivity index is 1.69. The molecule has 1 aliphatic heterocycles. The number of aromatic nitrogens is 1. The molecule has 128 valence electrons. The van der Waals surface area contributed by atoms with Gasteiger partial charge in [0.15, 0.2) is 0 Å². The van der Waals surface area contributed by atoms with E-state index in [1.54, 1.807) is 14.2 Å². The first-order valence-corrected chi connectivity index (χ1v) is 8.05. The molecule has 1 aromatic carbocycles. The van der Waals surface area contributed by atoms with Crippen molar-refractivity contribution in [3.63, 3.8) is 0 Å². The van der Waals surface area contributed by atoms with Crippen molar-refractivity contribution in [2.45, 2.75) is 18.9 Å². The van der Waals surface area contributed by atoms with E-state index in [0.717, 1.165) is 18.6 Å². The highest BCUT2D eigenvalue weighted by Crippen LogP contribution is 2.25. The second-order valence-electron chi connectivity index (χ2n) is 6.04. The summed E-state index contributed by atoms with van der Waals surface area (Å²) in [5.41, 5.74) is 1.70. The van der Waals surface area contributed by atoms with Crippen LogP contribution < -0.4 is 4.74 Å². The highest BCUT2D eigenvalue weighted by atomic mass is 16.5. The predicted molar refractivity (Wildman–Crippen MR) is 88.0 cm³/mol. The molecule has 24 heavy (non-hydrogen) atoms. The summed E-state index contributed by atoms with van der Waals surface area (Å²) in [7, 11) is 3.40. The van der Waals surface area contributed by atoms with Gasteiger partial charge in [-0.15, -0.1) is 0 Å². The molecule has 1 aromatic heterocycles. The monoisotopic (exact) mass is 330 g/mol. The molecule has 1 saturated heterocycles. The van der Waals surface area contributed by atoms with Crippen LogP contribution in [0, 0.1) is 5.92 Å². The van der Waals surface area contributed by atoms with E-state index < -0.39 is 0 Å². The van der Waals surface area contributed by atoms with E-state index in [4.69, 9.17) is 14.0 Å². The Morgan fingerprint density at radius 3 is 2.75 bits per heavy atom.